The molecule has 0 amide bonds. The van der Waals surface area contributed by atoms with Crippen molar-refractivity contribution in [3.8, 4) is 11.8 Å². The minimum Gasteiger partial charge on any atom is -0.506 e. The van der Waals surface area contributed by atoms with Gasteiger partial charge in [0.2, 0.25) is 0 Å². The van der Waals surface area contributed by atoms with Crippen LogP contribution in [0.15, 0.2) is 17.0 Å². The van der Waals surface area contributed by atoms with Gasteiger partial charge < -0.3 is 10.2 Å². The number of hydrogen-bond acceptors (Lipinski definition) is 4. The maximum atomic E-state index is 10.5. The molecule has 0 saturated heterocycles. The van der Waals surface area contributed by atoms with E-state index in [2.05, 4.69) is 12.6 Å². The number of phenols is 1. The van der Waals surface area contributed by atoms with Crippen molar-refractivity contribution in [1.82, 2.24) is 0 Å². The molecule has 0 fully saturated rings. The van der Waals surface area contributed by atoms with Crippen molar-refractivity contribution in [2.45, 2.75) is 4.90 Å². The Balaban J connectivity index is 3.39. The molecule has 0 aliphatic heterocycles. The molecule has 0 atom stereocenters. The molecule has 0 bridgehead atoms. The normalized spacial score (nSPS) is 9.23. The number of aromatic hydroxyl groups is 1. The molecule has 4 nitrogen and oxygen atoms in total. The molecule has 0 radical (unpaired) electrons. The molecule has 13 heavy (non-hydrogen) atoms. The van der Waals surface area contributed by atoms with Gasteiger partial charge in [-0.25, -0.2) is 4.79 Å². The summed E-state index contributed by atoms with van der Waals surface area (Å²) in [4.78, 5) is 10.6. The lowest BCUT2D eigenvalue weighted by Crippen LogP contribution is -1.96. The van der Waals surface area contributed by atoms with Crippen molar-refractivity contribution in [1.29, 1.82) is 5.26 Å². The summed E-state index contributed by atoms with van der Waals surface area (Å²) in [7, 11) is 0. The summed E-state index contributed by atoms with van der Waals surface area (Å²) in [5.74, 6) is -1.54. The first-order chi connectivity index (χ1) is 6.06. The number of phenolic OH excluding ortho intramolecular Hbond substituents is 1. The minimum absolute atomic E-state index is 0.0201. The van der Waals surface area contributed by atoms with Gasteiger partial charge in [-0.2, -0.15) is 5.26 Å². The highest BCUT2D eigenvalue weighted by Gasteiger charge is 2.11. The lowest BCUT2D eigenvalue weighted by molar-refractivity contribution is 0.0696. The maximum absolute atomic E-state index is 10.5. The predicted molar refractivity (Wildman–Crippen MR) is 47.0 cm³/mol. The smallest absolute Gasteiger partial charge is 0.335 e. The van der Waals surface area contributed by atoms with E-state index in [1.54, 1.807) is 6.07 Å². The highest BCUT2D eigenvalue weighted by atomic mass is 32.1. The molecule has 5 heteroatoms. The summed E-state index contributed by atoms with van der Waals surface area (Å²) < 4.78 is 0. The van der Waals surface area contributed by atoms with Gasteiger partial charge in [-0.1, -0.05) is 0 Å². The Bertz CT molecular complexity index is 385. The Morgan fingerprint density at radius 1 is 1.54 bits per heavy atom. The minimum atomic E-state index is -1.17. The summed E-state index contributed by atoms with van der Waals surface area (Å²) in [6.45, 7) is 0. The molecular weight excluding hydrogens is 190 g/mol. The molecule has 0 aliphatic rings. The Labute approximate surface area is 79.5 Å². The highest BCUT2D eigenvalue weighted by molar-refractivity contribution is 7.80. The number of rotatable bonds is 1. The molecule has 0 aromatic heterocycles. The third-order valence-corrected chi connectivity index (χ3v) is 1.81. The lowest BCUT2D eigenvalue weighted by Gasteiger charge is -2.01. The Morgan fingerprint density at radius 2 is 2.15 bits per heavy atom. The van der Waals surface area contributed by atoms with Crippen LogP contribution in [-0.4, -0.2) is 16.2 Å². The van der Waals surface area contributed by atoms with Gasteiger partial charge in [-0.3, -0.25) is 0 Å². The number of carbonyl (C=O) groups is 1. The molecule has 0 aliphatic carbocycles. The quantitative estimate of drug-likeness (QED) is 0.589. The van der Waals surface area contributed by atoms with Gasteiger partial charge in [0.25, 0.3) is 0 Å². The largest absolute Gasteiger partial charge is 0.506 e. The third kappa shape index (κ3) is 1.73. The summed E-state index contributed by atoms with van der Waals surface area (Å²) in [6.07, 6.45) is 0. The number of carboxylic acids is 1. The Hall–Kier alpha value is -1.67. The molecule has 1 aromatic carbocycles. The van der Waals surface area contributed by atoms with Crippen LogP contribution in [0.3, 0.4) is 0 Å². The van der Waals surface area contributed by atoms with Crippen LogP contribution in [0, 0.1) is 11.3 Å². The number of hydrogen-bond donors (Lipinski definition) is 3. The molecular formula is C8H5NO3S. The van der Waals surface area contributed by atoms with E-state index in [0.29, 0.717) is 0 Å². The first kappa shape index (κ1) is 9.42. The summed E-state index contributed by atoms with van der Waals surface area (Å²) in [5.41, 5.74) is -0.116. The summed E-state index contributed by atoms with van der Waals surface area (Å²) in [5, 5.41) is 26.3. The summed E-state index contributed by atoms with van der Waals surface area (Å²) >= 11 is 3.87. The lowest BCUT2D eigenvalue weighted by atomic mass is 10.1. The van der Waals surface area contributed by atoms with Gasteiger partial charge in [0, 0.05) is 4.90 Å². The number of carboxylic acid groups (broad SMARTS) is 1. The fraction of sp³-hybridized carbons (Fsp3) is 0. The van der Waals surface area contributed by atoms with E-state index in [-0.39, 0.29) is 21.8 Å². The molecule has 0 spiro atoms. The van der Waals surface area contributed by atoms with E-state index in [1.807, 2.05) is 0 Å². The average Bonchev–Trinajstić information content (AvgIpc) is 2.03. The van der Waals surface area contributed by atoms with Crippen molar-refractivity contribution in [3.63, 3.8) is 0 Å². The van der Waals surface area contributed by atoms with Crippen molar-refractivity contribution in [2.24, 2.45) is 0 Å². The SMILES string of the molecule is N#Cc1c(O)cc(C(=O)O)cc1S. The summed E-state index contributed by atoms with van der Waals surface area (Å²) in [6, 6.07) is 3.94. The van der Waals surface area contributed by atoms with Crippen LogP contribution in [0.1, 0.15) is 15.9 Å². The first-order valence-corrected chi connectivity index (χ1v) is 3.70. The third-order valence-electron chi connectivity index (χ3n) is 1.46. The van der Waals surface area contributed by atoms with Crippen LogP contribution in [0.25, 0.3) is 0 Å². The van der Waals surface area contributed by atoms with Crippen molar-refractivity contribution >= 4 is 18.6 Å². The van der Waals surface area contributed by atoms with Crippen LogP contribution in [-0.2, 0) is 0 Å². The fourth-order valence-electron chi connectivity index (χ4n) is 0.850. The second-order valence-corrected chi connectivity index (χ2v) is 2.79. The van der Waals surface area contributed by atoms with Crippen LogP contribution in [0.5, 0.6) is 5.75 Å². The molecule has 0 unspecified atom stereocenters. The van der Waals surface area contributed by atoms with E-state index in [4.69, 9.17) is 10.4 Å². The zero-order valence-electron chi connectivity index (χ0n) is 6.35. The molecule has 0 heterocycles. The van der Waals surface area contributed by atoms with Gasteiger partial charge in [0.1, 0.15) is 17.4 Å². The second kappa shape index (κ2) is 3.37. The van der Waals surface area contributed by atoms with Gasteiger partial charge in [-0.05, 0) is 12.1 Å². The van der Waals surface area contributed by atoms with Crippen LogP contribution in [0.4, 0.5) is 0 Å². The van der Waals surface area contributed by atoms with E-state index in [0.717, 1.165) is 6.07 Å². The molecule has 1 aromatic rings. The van der Waals surface area contributed by atoms with Gasteiger partial charge in [0.15, 0.2) is 0 Å². The second-order valence-electron chi connectivity index (χ2n) is 2.31. The molecule has 1 rings (SSSR count). The van der Waals surface area contributed by atoms with Gasteiger partial charge >= 0.3 is 5.97 Å². The standard InChI is InChI=1S/C8H5NO3S/c9-3-5-6(10)1-4(8(11)12)2-7(5)13/h1-2,10,13H,(H,11,12). The Kier molecular flexibility index (Phi) is 2.44. The molecule has 0 saturated carbocycles. The average molecular weight is 195 g/mol. The van der Waals surface area contributed by atoms with Crippen LogP contribution in [0.2, 0.25) is 0 Å². The zero-order chi connectivity index (χ0) is 10.0. The zero-order valence-corrected chi connectivity index (χ0v) is 7.25. The van der Waals surface area contributed by atoms with E-state index in [1.165, 1.54) is 6.07 Å². The van der Waals surface area contributed by atoms with Crippen molar-refractivity contribution < 1.29 is 15.0 Å². The Morgan fingerprint density at radius 3 is 2.54 bits per heavy atom. The monoisotopic (exact) mass is 195 g/mol. The van der Waals surface area contributed by atoms with Gasteiger partial charge in [0.05, 0.1) is 5.56 Å². The van der Waals surface area contributed by atoms with E-state index < -0.39 is 5.97 Å². The fourth-order valence-corrected chi connectivity index (χ4v) is 1.15. The van der Waals surface area contributed by atoms with Crippen molar-refractivity contribution in [3.05, 3.63) is 23.3 Å². The van der Waals surface area contributed by atoms with Crippen LogP contribution >= 0.6 is 12.6 Å². The van der Waals surface area contributed by atoms with Crippen LogP contribution < -0.4 is 0 Å². The van der Waals surface area contributed by atoms with E-state index >= 15 is 0 Å². The van der Waals surface area contributed by atoms with Gasteiger partial charge in [-0.15, -0.1) is 12.6 Å². The number of nitriles is 1. The number of thiol groups is 1. The number of benzene rings is 1. The van der Waals surface area contributed by atoms with Crippen molar-refractivity contribution in [2.75, 3.05) is 0 Å². The highest BCUT2D eigenvalue weighted by Crippen LogP contribution is 2.25. The maximum Gasteiger partial charge on any atom is 0.335 e. The number of nitrogens with zero attached hydrogens (tertiary/aromatic N) is 1. The molecule has 66 valence electrons. The first-order valence-electron chi connectivity index (χ1n) is 3.25. The van der Waals surface area contributed by atoms with E-state index in [9.17, 15) is 9.90 Å². The number of aromatic carboxylic acids is 1. The predicted octanol–water partition coefficient (Wildman–Crippen LogP) is 1.25. The topological polar surface area (TPSA) is 81.3 Å². The molecule has 2 N–H and O–H groups in total.